The van der Waals surface area contributed by atoms with E-state index in [1.54, 1.807) is 24.0 Å². The zero-order valence-electron chi connectivity index (χ0n) is 17.2. The standard InChI is InChI=1S/C22H30N2O5/c1-3-29-22(28)11-10-21(27)24-14-12-18(13-15-24)23-20(26)9-8-19(25)17-6-4-16(2)5-7-17/h4-7,18H,3,8-15H2,1-2H3,(H,23,26). The number of nitrogens with one attached hydrogen (secondary N) is 1. The minimum absolute atomic E-state index is 0.00563. The van der Waals surface area contributed by atoms with Crippen molar-refractivity contribution in [3.05, 3.63) is 35.4 Å². The van der Waals surface area contributed by atoms with Gasteiger partial charge in [-0.15, -0.1) is 0 Å². The van der Waals surface area contributed by atoms with Crippen molar-refractivity contribution in [1.29, 1.82) is 0 Å². The van der Waals surface area contributed by atoms with Crippen molar-refractivity contribution in [1.82, 2.24) is 10.2 Å². The van der Waals surface area contributed by atoms with Crippen LogP contribution in [0.25, 0.3) is 0 Å². The number of carbonyl (C=O) groups excluding carboxylic acids is 4. The zero-order chi connectivity index (χ0) is 21.2. The van der Waals surface area contributed by atoms with Crippen LogP contribution >= 0.6 is 0 Å². The highest BCUT2D eigenvalue weighted by atomic mass is 16.5. The van der Waals surface area contributed by atoms with Crippen LogP contribution in [0, 0.1) is 6.92 Å². The van der Waals surface area contributed by atoms with Crippen molar-refractivity contribution in [3.63, 3.8) is 0 Å². The molecule has 158 valence electrons. The Hall–Kier alpha value is -2.70. The van der Waals surface area contributed by atoms with Crippen LogP contribution in [-0.4, -0.2) is 54.2 Å². The first-order valence-corrected chi connectivity index (χ1v) is 10.2. The second-order valence-electron chi connectivity index (χ2n) is 7.32. The monoisotopic (exact) mass is 402 g/mol. The van der Waals surface area contributed by atoms with Crippen LogP contribution in [0.2, 0.25) is 0 Å². The predicted molar refractivity (Wildman–Crippen MR) is 108 cm³/mol. The first kappa shape index (κ1) is 22.6. The Labute approximate surface area is 171 Å². The molecule has 1 aromatic rings. The molecule has 2 rings (SSSR count). The van der Waals surface area contributed by atoms with Gasteiger partial charge in [0, 0.05) is 44.0 Å². The summed E-state index contributed by atoms with van der Waals surface area (Å²) in [5, 5.41) is 2.96. The Morgan fingerprint density at radius 3 is 2.28 bits per heavy atom. The van der Waals surface area contributed by atoms with Crippen LogP contribution < -0.4 is 5.32 Å². The van der Waals surface area contributed by atoms with E-state index in [1.165, 1.54) is 0 Å². The fourth-order valence-corrected chi connectivity index (χ4v) is 3.28. The Morgan fingerprint density at radius 1 is 1.00 bits per heavy atom. The number of Topliss-reactive ketones (excluding diaryl/α,β-unsaturated/α-hetero) is 1. The number of ketones is 1. The molecule has 7 nitrogen and oxygen atoms in total. The Bertz CT molecular complexity index is 721. The normalized spacial score (nSPS) is 14.3. The number of aryl methyl sites for hydroxylation is 1. The summed E-state index contributed by atoms with van der Waals surface area (Å²) in [5.74, 6) is -0.602. The molecular weight excluding hydrogens is 372 g/mol. The average Bonchev–Trinajstić information content (AvgIpc) is 2.71. The SMILES string of the molecule is CCOC(=O)CCC(=O)N1CCC(NC(=O)CCC(=O)c2ccc(C)cc2)CC1. The molecule has 7 heteroatoms. The lowest BCUT2D eigenvalue weighted by Gasteiger charge is -2.32. The molecule has 0 aromatic heterocycles. The van der Waals surface area contributed by atoms with Gasteiger partial charge in [-0.3, -0.25) is 19.2 Å². The molecule has 0 unspecified atom stereocenters. The predicted octanol–water partition coefficient (Wildman–Crippen LogP) is 2.41. The number of ether oxygens (including phenoxy) is 1. The summed E-state index contributed by atoms with van der Waals surface area (Å²) in [5.41, 5.74) is 1.71. The van der Waals surface area contributed by atoms with Crippen molar-refractivity contribution in [2.24, 2.45) is 0 Å². The van der Waals surface area contributed by atoms with Crippen LogP contribution in [0.5, 0.6) is 0 Å². The lowest BCUT2D eigenvalue weighted by Crippen LogP contribution is -2.46. The van der Waals surface area contributed by atoms with Crippen molar-refractivity contribution < 1.29 is 23.9 Å². The molecule has 0 spiro atoms. The van der Waals surface area contributed by atoms with Crippen LogP contribution in [0.1, 0.15) is 61.4 Å². The van der Waals surface area contributed by atoms with Crippen LogP contribution in [0.4, 0.5) is 0 Å². The molecule has 0 saturated carbocycles. The van der Waals surface area contributed by atoms with E-state index in [-0.39, 0.29) is 55.3 Å². The first-order valence-electron chi connectivity index (χ1n) is 10.2. The number of hydrogen-bond donors (Lipinski definition) is 1. The summed E-state index contributed by atoms with van der Waals surface area (Å²) in [6.07, 6.45) is 1.92. The van der Waals surface area contributed by atoms with E-state index in [0.29, 0.717) is 38.1 Å². The molecule has 1 aliphatic heterocycles. The van der Waals surface area contributed by atoms with E-state index in [9.17, 15) is 19.2 Å². The highest BCUT2D eigenvalue weighted by molar-refractivity contribution is 5.98. The third-order valence-corrected chi connectivity index (χ3v) is 5.01. The van der Waals surface area contributed by atoms with E-state index in [1.807, 2.05) is 19.1 Å². The fourth-order valence-electron chi connectivity index (χ4n) is 3.28. The maximum absolute atomic E-state index is 12.2. The molecule has 2 amide bonds. The van der Waals surface area contributed by atoms with Gasteiger partial charge in [0.15, 0.2) is 5.78 Å². The average molecular weight is 402 g/mol. The van der Waals surface area contributed by atoms with Gasteiger partial charge in [0.2, 0.25) is 11.8 Å². The van der Waals surface area contributed by atoms with E-state index >= 15 is 0 Å². The molecule has 1 aliphatic rings. The van der Waals surface area contributed by atoms with Crippen LogP contribution in [0.3, 0.4) is 0 Å². The lowest BCUT2D eigenvalue weighted by atomic mass is 10.0. The summed E-state index contributed by atoms with van der Waals surface area (Å²) in [7, 11) is 0. The first-order chi connectivity index (χ1) is 13.9. The van der Waals surface area contributed by atoms with Gasteiger partial charge in [-0.25, -0.2) is 0 Å². The molecule has 1 heterocycles. The maximum Gasteiger partial charge on any atom is 0.306 e. The fraction of sp³-hybridized carbons (Fsp3) is 0.545. The molecule has 1 N–H and O–H groups in total. The van der Waals surface area contributed by atoms with Gasteiger partial charge in [-0.2, -0.15) is 0 Å². The Kier molecular flexibility index (Phi) is 8.83. The number of benzene rings is 1. The van der Waals surface area contributed by atoms with Gasteiger partial charge in [0.1, 0.15) is 0 Å². The number of rotatable bonds is 9. The largest absolute Gasteiger partial charge is 0.466 e. The number of amides is 2. The van der Waals surface area contributed by atoms with Gasteiger partial charge >= 0.3 is 5.97 Å². The number of piperidine rings is 1. The summed E-state index contributed by atoms with van der Waals surface area (Å²) < 4.78 is 4.83. The number of esters is 1. The molecule has 0 radical (unpaired) electrons. The summed E-state index contributed by atoms with van der Waals surface area (Å²) in [6, 6.07) is 7.34. The number of likely N-dealkylation sites (tertiary alicyclic amines) is 1. The summed E-state index contributed by atoms with van der Waals surface area (Å²) >= 11 is 0. The van der Waals surface area contributed by atoms with Gasteiger partial charge in [-0.1, -0.05) is 29.8 Å². The smallest absolute Gasteiger partial charge is 0.306 e. The van der Waals surface area contributed by atoms with Crippen molar-refractivity contribution >= 4 is 23.6 Å². The number of hydrogen-bond acceptors (Lipinski definition) is 5. The Morgan fingerprint density at radius 2 is 1.66 bits per heavy atom. The van der Waals surface area contributed by atoms with Gasteiger partial charge in [0.25, 0.3) is 0 Å². The highest BCUT2D eigenvalue weighted by Crippen LogP contribution is 2.13. The molecule has 0 bridgehead atoms. The van der Waals surface area contributed by atoms with E-state index < -0.39 is 0 Å². The quantitative estimate of drug-likeness (QED) is 0.506. The molecular formula is C22H30N2O5. The van der Waals surface area contributed by atoms with Crippen LogP contribution in [-0.2, 0) is 19.1 Å². The minimum atomic E-state index is -0.358. The second kappa shape index (κ2) is 11.3. The van der Waals surface area contributed by atoms with Gasteiger partial charge in [0.05, 0.1) is 13.0 Å². The molecule has 0 aliphatic carbocycles. The van der Waals surface area contributed by atoms with E-state index in [4.69, 9.17) is 4.74 Å². The van der Waals surface area contributed by atoms with Crippen molar-refractivity contribution in [2.45, 2.75) is 58.4 Å². The summed E-state index contributed by atoms with van der Waals surface area (Å²) in [4.78, 5) is 49.6. The molecule has 0 atom stereocenters. The molecule has 1 aromatic carbocycles. The third kappa shape index (κ3) is 7.68. The van der Waals surface area contributed by atoms with Crippen molar-refractivity contribution in [3.8, 4) is 0 Å². The molecule has 1 fully saturated rings. The minimum Gasteiger partial charge on any atom is -0.466 e. The van der Waals surface area contributed by atoms with Crippen molar-refractivity contribution in [2.75, 3.05) is 19.7 Å². The third-order valence-electron chi connectivity index (χ3n) is 5.01. The number of nitrogens with zero attached hydrogens (tertiary/aromatic N) is 1. The zero-order valence-corrected chi connectivity index (χ0v) is 17.2. The molecule has 1 saturated heterocycles. The number of carbonyl (C=O) groups is 4. The van der Waals surface area contributed by atoms with E-state index in [0.717, 1.165) is 5.56 Å². The topological polar surface area (TPSA) is 92.8 Å². The second-order valence-corrected chi connectivity index (χ2v) is 7.32. The lowest BCUT2D eigenvalue weighted by molar-refractivity contribution is -0.146. The van der Waals surface area contributed by atoms with Gasteiger partial charge in [-0.05, 0) is 26.7 Å². The van der Waals surface area contributed by atoms with Gasteiger partial charge < -0.3 is 15.0 Å². The highest BCUT2D eigenvalue weighted by Gasteiger charge is 2.24. The Balaban J connectivity index is 1.66. The maximum atomic E-state index is 12.2. The van der Waals surface area contributed by atoms with Crippen LogP contribution in [0.15, 0.2) is 24.3 Å². The summed E-state index contributed by atoms with van der Waals surface area (Å²) in [6.45, 7) is 5.11. The molecule has 29 heavy (non-hydrogen) atoms. The van der Waals surface area contributed by atoms with E-state index in [2.05, 4.69) is 5.32 Å².